The molecule has 10 nitrogen and oxygen atoms in total. The molecule has 6 rings (SSSR count). The lowest BCUT2D eigenvalue weighted by Gasteiger charge is -2.26. The number of carbonyl (C=O) groups is 1. The monoisotopic (exact) mass is 813 g/mol. The second-order valence-corrected chi connectivity index (χ2v) is 19.3. The Morgan fingerprint density at radius 1 is 0.825 bits per heavy atom. The molecule has 2 aliphatic carbocycles. The molecular weight excluding hydrogens is 761 g/mol. The maximum atomic E-state index is 11.7. The predicted octanol–water partition coefficient (Wildman–Crippen LogP) is 7.91. The number of carboxylic acids is 1. The lowest BCUT2D eigenvalue weighted by molar-refractivity contribution is -0.437. The van der Waals surface area contributed by atoms with E-state index in [1.54, 1.807) is 0 Å². The molecule has 0 bridgehead atoms. The molecule has 12 heteroatoms. The highest BCUT2D eigenvalue weighted by Crippen LogP contribution is 2.49. The topological polar surface area (TPSA) is 161 Å². The van der Waals surface area contributed by atoms with Crippen LogP contribution in [0, 0.1) is 0 Å². The van der Waals surface area contributed by atoms with E-state index in [-0.39, 0.29) is 42.0 Å². The normalized spacial score (nSPS) is 20.5. The average Bonchev–Trinajstić information content (AvgIpc) is 3.49. The largest absolute Gasteiger partial charge is 0.481 e. The van der Waals surface area contributed by atoms with Gasteiger partial charge in [0.25, 0.3) is 20.2 Å². The zero-order valence-electron chi connectivity index (χ0n) is 33.0. The number of aliphatic carboxylic acids is 1. The van der Waals surface area contributed by atoms with E-state index in [1.807, 2.05) is 42.5 Å². The van der Waals surface area contributed by atoms with Crippen LogP contribution in [-0.4, -0.2) is 71.9 Å². The molecule has 1 aliphatic heterocycles. The van der Waals surface area contributed by atoms with Gasteiger partial charge in [0.2, 0.25) is 5.69 Å². The Balaban J connectivity index is 1.46. The van der Waals surface area contributed by atoms with Gasteiger partial charge in [-0.2, -0.15) is 21.4 Å². The van der Waals surface area contributed by atoms with Crippen molar-refractivity contribution in [3.8, 4) is 0 Å². The van der Waals surface area contributed by atoms with Gasteiger partial charge in [0.1, 0.15) is 6.54 Å². The second-order valence-electron chi connectivity index (χ2n) is 16.2. The fraction of sp³-hybridized carbons (Fsp3) is 0.378. The first-order chi connectivity index (χ1) is 26.9. The van der Waals surface area contributed by atoms with Crippen LogP contribution in [0.2, 0.25) is 0 Å². The fourth-order valence-corrected chi connectivity index (χ4v) is 9.60. The van der Waals surface area contributed by atoms with Gasteiger partial charge in [0.15, 0.2) is 5.71 Å². The molecule has 3 aromatic carbocycles. The Morgan fingerprint density at radius 3 is 2.18 bits per heavy atom. The van der Waals surface area contributed by atoms with Gasteiger partial charge in [-0.05, 0) is 84.1 Å². The number of nitrogens with zero attached hydrogens (tertiary/aromatic N) is 1. The summed E-state index contributed by atoms with van der Waals surface area (Å²) in [6.45, 7) is 9.17. The molecule has 0 amide bonds. The van der Waals surface area contributed by atoms with Gasteiger partial charge in [-0.1, -0.05) is 98.8 Å². The number of allylic oxidation sites excluding steroid dienone is 7. The van der Waals surface area contributed by atoms with Gasteiger partial charge in [-0.3, -0.25) is 13.9 Å². The molecule has 302 valence electrons. The van der Waals surface area contributed by atoms with Crippen LogP contribution in [0.25, 0.3) is 5.57 Å². The third-order valence-electron chi connectivity index (χ3n) is 11.6. The highest BCUT2D eigenvalue weighted by molar-refractivity contribution is 7.86. The fourth-order valence-electron chi connectivity index (χ4n) is 8.73. The minimum atomic E-state index is -4.15. The first kappa shape index (κ1) is 42.2. The summed E-state index contributed by atoms with van der Waals surface area (Å²) in [6.07, 6.45) is 12.0. The first-order valence-electron chi connectivity index (χ1n) is 19.5. The molecule has 1 atom stereocenters. The number of carboxylic acid groups (broad SMARTS) is 1. The highest BCUT2D eigenvalue weighted by atomic mass is 32.2. The number of aryl methyl sites for hydroxylation is 1. The van der Waals surface area contributed by atoms with Crippen molar-refractivity contribution in [3.05, 3.63) is 142 Å². The summed E-state index contributed by atoms with van der Waals surface area (Å²) in [7, 11) is -8.26. The smallest absolute Gasteiger partial charge is 0.303 e. The molecule has 0 radical (unpaired) electrons. The van der Waals surface area contributed by atoms with Crippen LogP contribution in [-0.2, 0) is 42.3 Å². The maximum Gasteiger partial charge on any atom is 0.303 e. The maximum absolute atomic E-state index is 11.7. The van der Waals surface area contributed by atoms with Crippen LogP contribution >= 0.6 is 0 Å². The van der Waals surface area contributed by atoms with Crippen molar-refractivity contribution in [2.45, 2.75) is 83.1 Å². The summed E-state index contributed by atoms with van der Waals surface area (Å²) in [5.41, 5.74) is 11.1. The van der Waals surface area contributed by atoms with Crippen molar-refractivity contribution in [2.75, 3.05) is 24.6 Å². The summed E-state index contributed by atoms with van der Waals surface area (Å²) in [6, 6.07) is 24.1. The molecule has 3 aromatic rings. The van der Waals surface area contributed by atoms with Gasteiger partial charge in [0.05, 0.1) is 23.0 Å². The second kappa shape index (κ2) is 16.8. The van der Waals surface area contributed by atoms with Crippen LogP contribution in [0.3, 0.4) is 0 Å². The number of fused-ring (bicyclic) bond motifs is 2. The van der Waals surface area contributed by atoms with E-state index in [9.17, 15) is 35.8 Å². The molecule has 1 heterocycles. The van der Waals surface area contributed by atoms with Crippen molar-refractivity contribution in [1.82, 2.24) is 5.32 Å². The Kier molecular flexibility index (Phi) is 12.4. The molecule has 57 heavy (non-hydrogen) atoms. The molecule has 1 unspecified atom stereocenters. The minimum absolute atomic E-state index is 0.0455. The van der Waals surface area contributed by atoms with E-state index in [0.29, 0.717) is 13.0 Å². The quantitative estimate of drug-likeness (QED) is 0.0883. The zero-order chi connectivity index (χ0) is 41.2. The van der Waals surface area contributed by atoms with Gasteiger partial charge in [0, 0.05) is 42.5 Å². The molecule has 0 fully saturated rings. The standard InChI is InChI=1S/C45H52N2O8S2/c1-44(2)36-14-6-5-13-35(36)43(46-27-30-57(53,54)55)38(44)24-22-32-11-9-12-33(42(32)34-20-17-31(18-21-34)19-26-41(48)49)23-25-40-45(3,4)37-15-7-8-16-39(37)47(40)28-10-29-56(50,51)52/h5-8,13-18,20-25,43,46H,9-12,19,26-30H2,1-4H3,(H2-,48,49,50,51,52,53,54,55)/p+1/b25-23+,32-22+,38-24-. The van der Waals surface area contributed by atoms with Gasteiger partial charge < -0.3 is 10.4 Å². The number of hydrogen-bond donors (Lipinski definition) is 4. The van der Waals surface area contributed by atoms with Crippen molar-refractivity contribution in [2.24, 2.45) is 0 Å². The predicted molar refractivity (Wildman–Crippen MR) is 225 cm³/mol. The van der Waals surface area contributed by atoms with Crippen LogP contribution < -0.4 is 5.32 Å². The Bertz CT molecular complexity index is 2420. The van der Waals surface area contributed by atoms with E-state index in [1.165, 1.54) is 0 Å². The lowest BCUT2D eigenvalue weighted by atomic mass is 9.79. The summed E-state index contributed by atoms with van der Waals surface area (Å²) in [5, 5.41) is 12.7. The summed E-state index contributed by atoms with van der Waals surface area (Å²) in [5.74, 6) is -1.57. The number of nitrogens with one attached hydrogen (secondary N) is 1. The van der Waals surface area contributed by atoms with E-state index < -0.39 is 32.0 Å². The Labute approximate surface area is 336 Å². The van der Waals surface area contributed by atoms with Gasteiger partial charge in [-0.15, -0.1) is 0 Å². The van der Waals surface area contributed by atoms with E-state index >= 15 is 0 Å². The number of benzene rings is 3. The van der Waals surface area contributed by atoms with Crippen molar-refractivity contribution >= 4 is 43.2 Å². The van der Waals surface area contributed by atoms with Crippen LogP contribution in [0.4, 0.5) is 5.69 Å². The van der Waals surface area contributed by atoms with Gasteiger partial charge >= 0.3 is 5.97 Å². The van der Waals surface area contributed by atoms with E-state index in [0.717, 1.165) is 80.8 Å². The number of para-hydroxylation sites is 1. The zero-order valence-corrected chi connectivity index (χ0v) is 34.7. The van der Waals surface area contributed by atoms with Crippen molar-refractivity contribution in [3.63, 3.8) is 0 Å². The molecule has 0 saturated heterocycles. The summed E-state index contributed by atoms with van der Waals surface area (Å²) >= 11 is 0. The van der Waals surface area contributed by atoms with E-state index in [4.69, 9.17) is 0 Å². The van der Waals surface area contributed by atoms with E-state index in [2.05, 4.69) is 92.2 Å². The Morgan fingerprint density at radius 2 is 1.49 bits per heavy atom. The molecule has 3 aliphatic rings. The molecule has 0 spiro atoms. The van der Waals surface area contributed by atoms with Crippen LogP contribution in [0.1, 0.15) is 93.7 Å². The SMILES string of the molecule is CC1(C)C(/C=C/C2=C(c3ccc(CCC(=O)O)cc3)C(=C/C=C3/C(NCCS(=O)(=O)O)c4ccccc4C3(C)C)/CCC2)=[N+](CCCS(=O)(=O)O)c2ccccc21. The van der Waals surface area contributed by atoms with Crippen LogP contribution in [0.5, 0.6) is 0 Å². The first-order valence-corrected chi connectivity index (χ1v) is 22.7. The molecule has 0 saturated carbocycles. The number of rotatable bonds is 15. The molecular formula is C45H53N2O8S2+. The third kappa shape index (κ3) is 9.64. The summed E-state index contributed by atoms with van der Waals surface area (Å²) in [4.78, 5) is 11.3. The third-order valence-corrected chi connectivity index (χ3v) is 13.1. The van der Waals surface area contributed by atoms with Crippen molar-refractivity contribution < 1.29 is 40.4 Å². The minimum Gasteiger partial charge on any atom is -0.481 e. The van der Waals surface area contributed by atoms with Crippen LogP contribution in [0.15, 0.2) is 114 Å². The Hall–Kier alpha value is -4.46. The van der Waals surface area contributed by atoms with Gasteiger partial charge in [-0.25, -0.2) is 0 Å². The van der Waals surface area contributed by atoms with Crippen molar-refractivity contribution in [1.29, 1.82) is 0 Å². The lowest BCUT2D eigenvalue weighted by Crippen LogP contribution is -2.29. The summed E-state index contributed by atoms with van der Waals surface area (Å²) < 4.78 is 67.7. The molecule has 4 N–H and O–H groups in total. The molecule has 0 aromatic heterocycles. The highest BCUT2D eigenvalue weighted by Gasteiger charge is 2.44. The average molecular weight is 814 g/mol. The number of hydrogen-bond acceptors (Lipinski definition) is 6.